The second-order valence-electron chi connectivity index (χ2n) is 6.77. The van der Waals surface area contributed by atoms with Gasteiger partial charge >= 0.3 is 0 Å². The molecule has 0 aliphatic heterocycles. The van der Waals surface area contributed by atoms with E-state index >= 15 is 0 Å². The van der Waals surface area contributed by atoms with Crippen LogP contribution >= 0.6 is 11.3 Å². The highest BCUT2D eigenvalue weighted by Gasteiger charge is 2.20. The number of carbonyl (C=O) groups excluding carboxylic acids is 2. The number of hydrogen-bond acceptors (Lipinski definition) is 4. The minimum Gasteiger partial charge on any atom is -0.267 e. The van der Waals surface area contributed by atoms with E-state index in [4.69, 9.17) is 0 Å². The molecule has 0 fully saturated rings. The van der Waals surface area contributed by atoms with Crippen LogP contribution in [0.1, 0.15) is 30.5 Å². The van der Waals surface area contributed by atoms with Crippen LogP contribution in [-0.4, -0.2) is 21.6 Å². The minimum absolute atomic E-state index is 0.345. The summed E-state index contributed by atoms with van der Waals surface area (Å²) in [5.41, 5.74) is 8.14. The SMILES string of the molecule is Cc1cc(C(=O)NNC(=O)c2cn(-c3ccccc3)nc2-c2ccccc2)c(C)s1. The highest BCUT2D eigenvalue weighted by molar-refractivity contribution is 7.12. The van der Waals surface area contributed by atoms with Crippen molar-refractivity contribution in [2.75, 3.05) is 0 Å². The monoisotopic (exact) mass is 416 g/mol. The van der Waals surface area contributed by atoms with Crippen molar-refractivity contribution >= 4 is 23.2 Å². The summed E-state index contributed by atoms with van der Waals surface area (Å²) in [5, 5.41) is 4.62. The number of nitrogens with one attached hydrogen (secondary N) is 2. The summed E-state index contributed by atoms with van der Waals surface area (Å²) in [6.45, 7) is 3.82. The standard InChI is InChI=1S/C23H20N4O2S/c1-15-13-19(16(2)30-15)22(28)24-25-23(29)20-14-27(18-11-7-4-8-12-18)26-21(20)17-9-5-3-6-10-17/h3-14H,1-2H3,(H,24,28)(H,25,29). The molecule has 0 aliphatic carbocycles. The summed E-state index contributed by atoms with van der Waals surface area (Å²) in [6, 6.07) is 20.8. The van der Waals surface area contributed by atoms with Gasteiger partial charge in [-0.1, -0.05) is 48.5 Å². The molecule has 0 spiro atoms. The van der Waals surface area contributed by atoms with E-state index in [1.165, 1.54) is 0 Å². The van der Waals surface area contributed by atoms with E-state index in [0.717, 1.165) is 21.0 Å². The van der Waals surface area contributed by atoms with E-state index in [0.29, 0.717) is 16.8 Å². The molecule has 0 unspecified atom stereocenters. The molecule has 2 aromatic heterocycles. The molecule has 0 atom stereocenters. The third-order valence-electron chi connectivity index (χ3n) is 4.60. The number of benzene rings is 2. The van der Waals surface area contributed by atoms with Crippen LogP contribution in [0.3, 0.4) is 0 Å². The van der Waals surface area contributed by atoms with Gasteiger partial charge in [0.2, 0.25) is 0 Å². The van der Waals surface area contributed by atoms with Crippen molar-refractivity contribution < 1.29 is 9.59 Å². The Morgan fingerprint density at radius 1 is 0.867 bits per heavy atom. The molecular weight excluding hydrogens is 396 g/mol. The van der Waals surface area contributed by atoms with Crippen molar-refractivity contribution in [1.29, 1.82) is 0 Å². The average molecular weight is 417 g/mol. The molecule has 0 saturated carbocycles. The quantitative estimate of drug-likeness (QED) is 0.487. The molecule has 0 aliphatic rings. The molecule has 30 heavy (non-hydrogen) atoms. The molecule has 0 bridgehead atoms. The Kier molecular flexibility index (Phi) is 5.45. The second kappa shape index (κ2) is 8.34. The lowest BCUT2D eigenvalue weighted by molar-refractivity contribution is 0.0847. The van der Waals surface area contributed by atoms with E-state index in [9.17, 15) is 9.59 Å². The van der Waals surface area contributed by atoms with Crippen LogP contribution in [0.15, 0.2) is 72.9 Å². The first-order valence-corrected chi connectivity index (χ1v) is 10.2. The van der Waals surface area contributed by atoms with Gasteiger partial charge in [0.1, 0.15) is 5.69 Å². The predicted octanol–water partition coefficient (Wildman–Crippen LogP) is 4.29. The molecule has 4 rings (SSSR count). The maximum absolute atomic E-state index is 12.9. The Labute approximate surface area is 178 Å². The van der Waals surface area contributed by atoms with Gasteiger partial charge in [0.05, 0.1) is 16.8 Å². The van der Waals surface area contributed by atoms with Gasteiger partial charge in [-0.15, -0.1) is 11.3 Å². The smallest absolute Gasteiger partial charge is 0.267 e. The number of rotatable bonds is 4. The fourth-order valence-corrected chi connectivity index (χ4v) is 4.09. The Morgan fingerprint density at radius 3 is 2.07 bits per heavy atom. The molecule has 2 N–H and O–H groups in total. The highest BCUT2D eigenvalue weighted by Crippen LogP contribution is 2.24. The van der Waals surface area contributed by atoms with E-state index < -0.39 is 5.91 Å². The number of hydrazine groups is 1. The maximum Gasteiger partial charge on any atom is 0.273 e. The fraction of sp³-hybridized carbons (Fsp3) is 0.0870. The number of nitrogens with zero attached hydrogens (tertiary/aromatic N) is 2. The topological polar surface area (TPSA) is 76.0 Å². The Bertz CT molecular complexity index is 1200. The van der Waals surface area contributed by atoms with E-state index in [1.54, 1.807) is 22.2 Å². The third kappa shape index (κ3) is 4.01. The maximum atomic E-state index is 12.9. The fourth-order valence-electron chi connectivity index (χ4n) is 3.17. The van der Waals surface area contributed by atoms with Gasteiger partial charge in [-0.2, -0.15) is 5.10 Å². The molecule has 2 aromatic carbocycles. The zero-order valence-corrected chi connectivity index (χ0v) is 17.4. The van der Waals surface area contributed by atoms with E-state index in [2.05, 4.69) is 16.0 Å². The Morgan fingerprint density at radius 2 is 1.47 bits per heavy atom. The first kappa shape index (κ1) is 19.6. The normalized spacial score (nSPS) is 10.6. The average Bonchev–Trinajstić information content (AvgIpc) is 3.36. The van der Waals surface area contributed by atoms with Gasteiger partial charge < -0.3 is 0 Å². The molecule has 2 heterocycles. The number of carbonyl (C=O) groups is 2. The van der Waals surface area contributed by atoms with Gasteiger partial charge in [0, 0.05) is 21.5 Å². The lowest BCUT2D eigenvalue weighted by Gasteiger charge is -2.07. The highest BCUT2D eigenvalue weighted by atomic mass is 32.1. The summed E-state index contributed by atoms with van der Waals surface area (Å²) in [5.74, 6) is -0.782. The van der Waals surface area contributed by atoms with Crippen LogP contribution in [0.2, 0.25) is 0 Å². The molecule has 0 saturated heterocycles. The van der Waals surface area contributed by atoms with Crippen molar-refractivity contribution in [3.8, 4) is 16.9 Å². The van der Waals surface area contributed by atoms with Crippen molar-refractivity contribution in [1.82, 2.24) is 20.6 Å². The number of amides is 2. The van der Waals surface area contributed by atoms with E-state index in [-0.39, 0.29) is 5.91 Å². The summed E-state index contributed by atoms with van der Waals surface area (Å²) in [6.07, 6.45) is 1.67. The number of aryl methyl sites for hydroxylation is 2. The van der Waals surface area contributed by atoms with Gasteiger partial charge in [0.15, 0.2) is 0 Å². The second-order valence-corrected chi connectivity index (χ2v) is 8.23. The first-order chi connectivity index (χ1) is 14.5. The summed E-state index contributed by atoms with van der Waals surface area (Å²) in [4.78, 5) is 27.3. The summed E-state index contributed by atoms with van der Waals surface area (Å²) >= 11 is 1.54. The van der Waals surface area contributed by atoms with Crippen molar-refractivity contribution in [3.05, 3.63) is 93.8 Å². The van der Waals surface area contributed by atoms with Gasteiger partial charge in [-0.25, -0.2) is 4.68 Å². The first-order valence-electron chi connectivity index (χ1n) is 9.41. The van der Waals surface area contributed by atoms with Crippen LogP contribution < -0.4 is 10.9 Å². The van der Waals surface area contributed by atoms with Gasteiger partial charge in [-0.3, -0.25) is 20.4 Å². The van der Waals surface area contributed by atoms with E-state index in [1.807, 2.05) is 80.6 Å². The Hall–Kier alpha value is -3.71. The lowest BCUT2D eigenvalue weighted by Crippen LogP contribution is -2.41. The molecule has 150 valence electrons. The summed E-state index contributed by atoms with van der Waals surface area (Å²) in [7, 11) is 0. The molecule has 2 amide bonds. The van der Waals surface area contributed by atoms with Gasteiger partial charge in [-0.05, 0) is 32.0 Å². The minimum atomic E-state index is -0.436. The van der Waals surface area contributed by atoms with Crippen LogP contribution in [0, 0.1) is 13.8 Å². The molecular formula is C23H20N4O2S. The molecule has 6 nitrogen and oxygen atoms in total. The van der Waals surface area contributed by atoms with Gasteiger partial charge in [0.25, 0.3) is 11.8 Å². The number of hydrogen-bond donors (Lipinski definition) is 2. The van der Waals surface area contributed by atoms with Crippen LogP contribution in [-0.2, 0) is 0 Å². The zero-order chi connectivity index (χ0) is 21.1. The predicted molar refractivity (Wildman–Crippen MR) is 118 cm³/mol. The van der Waals surface area contributed by atoms with Crippen LogP contribution in [0.25, 0.3) is 16.9 Å². The largest absolute Gasteiger partial charge is 0.273 e. The van der Waals surface area contributed by atoms with Crippen molar-refractivity contribution in [2.24, 2.45) is 0 Å². The number of aromatic nitrogens is 2. The number of para-hydroxylation sites is 1. The zero-order valence-electron chi connectivity index (χ0n) is 16.5. The van der Waals surface area contributed by atoms with Crippen LogP contribution in [0.5, 0.6) is 0 Å². The molecule has 7 heteroatoms. The third-order valence-corrected chi connectivity index (χ3v) is 5.57. The van der Waals surface area contributed by atoms with Crippen molar-refractivity contribution in [3.63, 3.8) is 0 Å². The number of thiophene rings is 1. The Balaban J connectivity index is 1.62. The van der Waals surface area contributed by atoms with Crippen LogP contribution in [0.4, 0.5) is 0 Å². The lowest BCUT2D eigenvalue weighted by atomic mass is 10.1. The van der Waals surface area contributed by atoms with Crippen molar-refractivity contribution in [2.45, 2.75) is 13.8 Å². The molecule has 0 radical (unpaired) electrons. The molecule has 4 aromatic rings. The summed E-state index contributed by atoms with van der Waals surface area (Å²) < 4.78 is 1.66.